The largest absolute Gasteiger partial charge is 0.307 e. The SMILES string of the molecule is O=C(Nc1ccc(-c2nc3ccccc3s2)cn1)c1ccccc1. The van der Waals surface area contributed by atoms with Crippen LogP contribution in [-0.4, -0.2) is 15.9 Å². The van der Waals surface area contributed by atoms with Gasteiger partial charge in [0.25, 0.3) is 5.91 Å². The first-order valence-corrected chi connectivity index (χ1v) is 8.30. The van der Waals surface area contributed by atoms with Crippen molar-refractivity contribution in [2.45, 2.75) is 0 Å². The molecule has 0 bridgehead atoms. The van der Waals surface area contributed by atoms with Crippen molar-refractivity contribution in [1.29, 1.82) is 0 Å². The molecule has 4 rings (SSSR count). The summed E-state index contributed by atoms with van der Waals surface area (Å²) in [7, 11) is 0. The molecule has 4 aromatic rings. The molecule has 2 aromatic carbocycles. The highest BCUT2D eigenvalue weighted by molar-refractivity contribution is 7.21. The summed E-state index contributed by atoms with van der Waals surface area (Å²) >= 11 is 1.63. The van der Waals surface area contributed by atoms with E-state index in [9.17, 15) is 4.79 Å². The highest BCUT2D eigenvalue weighted by Crippen LogP contribution is 2.29. The molecule has 0 aliphatic rings. The minimum atomic E-state index is -0.171. The van der Waals surface area contributed by atoms with Crippen LogP contribution in [0.5, 0.6) is 0 Å². The van der Waals surface area contributed by atoms with Gasteiger partial charge in [-0.25, -0.2) is 9.97 Å². The number of thiazole rings is 1. The number of hydrogen-bond acceptors (Lipinski definition) is 4. The van der Waals surface area contributed by atoms with E-state index in [1.165, 1.54) is 0 Å². The smallest absolute Gasteiger partial charge is 0.256 e. The molecule has 0 atom stereocenters. The van der Waals surface area contributed by atoms with Crippen molar-refractivity contribution in [1.82, 2.24) is 9.97 Å². The Morgan fingerprint density at radius 1 is 0.917 bits per heavy atom. The summed E-state index contributed by atoms with van der Waals surface area (Å²) in [6.45, 7) is 0. The summed E-state index contributed by atoms with van der Waals surface area (Å²) in [5.41, 5.74) is 2.53. The minimum Gasteiger partial charge on any atom is -0.307 e. The number of carbonyl (C=O) groups is 1. The Morgan fingerprint density at radius 3 is 2.46 bits per heavy atom. The van der Waals surface area contributed by atoms with Gasteiger partial charge in [0.1, 0.15) is 10.8 Å². The molecule has 1 N–H and O–H groups in total. The zero-order valence-electron chi connectivity index (χ0n) is 12.6. The van der Waals surface area contributed by atoms with Crippen LogP contribution in [0.15, 0.2) is 72.9 Å². The van der Waals surface area contributed by atoms with E-state index in [0.29, 0.717) is 11.4 Å². The predicted octanol–water partition coefficient (Wildman–Crippen LogP) is 4.61. The summed E-state index contributed by atoms with van der Waals surface area (Å²) in [4.78, 5) is 21.1. The summed E-state index contributed by atoms with van der Waals surface area (Å²) in [5.74, 6) is 0.351. The standard InChI is InChI=1S/C19H13N3OS/c23-18(13-6-2-1-3-7-13)22-17-11-10-14(12-20-17)19-21-15-8-4-5-9-16(15)24-19/h1-12H,(H,20,22,23). The lowest BCUT2D eigenvalue weighted by atomic mass is 10.2. The Labute approximate surface area is 142 Å². The van der Waals surface area contributed by atoms with E-state index in [-0.39, 0.29) is 5.91 Å². The fourth-order valence-corrected chi connectivity index (χ4v) is 3.32. The van der Waals surface area contributed by atoms with Gasteiger partial charge in [0.2, 0.25) is 0 Å². The topological polar surface area (TPSA) is 54.9 Å². The van der Waals surface area contributed by atoms with Crippen molar-refractivity contribution in [3.05, 3.63) is 78.5 Å². The molecular weight excluding hydrogens is 318 g/mol. The molecule has 2 heterocycles. The molecule has 116 valence electrons. The third-order valence-corrected chi connectivity index (χ3v) is 4.67. The molecule has 0 saturated carbocycles. The van der Waals surface area contributed by atoms with Crippen LogP contribution in [0, 0.1) is 0 Å². The highest BCUT2D eigenvalue weighted by Gasteiger charge is 2.08. The highest BCUT2D eigenvalue weighted by atomic mass is 32.1. The van der Waals surface area contributed by atoms with Crippen LogP contribution < -0.4 is 5.32 Å². The van der Waals surface area contributed by atoms with E-state index in [0.717, 1.165) is 20.8 Å². The van der Waals surface area contributed by atoms with Crippen LogP contribution in [0.25, 0.3) is 20.8 Å². The number of pyridine rings is 1. The normalized spacial score (nSPS) is 10.7. The molecule has 5 heteroatoms. The van der Waals surface area contributed by atoms with Crippen LogP contribution in [0.4, 0.5) is 5.82 Å². The number of amides is 1. The molecule has 0 aliphatic carbocycles. The van der Waals surface area contributed by atoms with E-state index in [2.05, 4.69) is 21.4 Å². The second kappa shape index (κ2) is 6.22. The van der Waals surface area contributed by atoms with Crippen LogP contribution in [0.1, 0.15) is 10.4 Å². The predicted molar refractivity (Wildman–Crippen MR) is 97.2 cm³/mol. The average Bonchev–Trinajstić information content (AvgIpc) is 3.07. The second-order valence-electron chi connectivity index (χ2n) is 5.24. The Morgan fingerprint density at radius 2 is 1.71 bits per heavy atom. The number of benzene rings is 2. The van der Waals surface area contributed by atoms with E-state index < -0.39 is 0 Å². The van der Waals surface area contributed by atoms with Gasteiger partial charge in [-0.2, -0.15) is 0 Å². The first-order chi connectivity index (χ1) is 11.8. The number of fused-ring (bicyclic) bond motifs is 1. The van der Waals surface area contributed by atoms with Gasteiger partial charge in [-0.05, 0) is 36.4 Å². The van der Waals surface area contributed by atoms with E-state index in [1.807, 2.05) is 42.5 Å². The molecule has 0 unspecified atom stereocenters. The van der Waals surface area contributed by atoms with Gasteiger partial charge in [-0.15, -0.1) is 11.3 Å². The van der Waals surface area contributed by atoms with Gasteiger partial charge in [-0.1, -0.05) is 30.3 Å². The number of anilines is 1. The summed E-state index contributed by atoms with van der Waals surface area (Å²) < 4.78 is 1.15. The first kappa shape index (κ1) is 14.5. The summed E-state index contributed by atoms with van der Waals surface area (Å²) in [6.07, 6.45) is 1.73. The lowest BCUT2D eigenvalue weighted by Crippen LogP contribution is -2.12. The molecule has 0 saturated heterocycles. The summed E-state index contributed by atoms with van der Waals surface area (Å²) in [6, 6.07) is 20.8. The monoisotopic (exact) mass is 331 g/mol. The summed E-state index contributed by atoms with van der Waals surface area (Å²) in [5, 5.41) is 3.72. The van der Waals surface area contributed by atoms with Crippen LogP contribution >= 0.6 is 11.3 Å². The molecule has 1 amide bonds. The minimum absolute atomic E-state index is 0.171. The Balaban J connectivity index is 1.55. The zero-order chi connectivity index (χ0) is 16.4. The van der Waals surface area contributed by atoms with Crippen molar-refractivity contribution < 1.29 is 4.79 Å². The third kappa shape index (κ3) is 2.89. The van der Waals surface area contributed by atoms with Crippen LogP contribution in [-0.2, 0) is 0 Å². The molecule has 0 aliphatic heterocycles. The van der Waals surface area contributed by atoms with Crippen molar-refractivity contribution in [3.8, 4) is 10.6 Å². The van der Waals surface area contributed by atoms with Gasteiger partial charge in [0.05, 0.1) is 10.2 Å². The quantitative estimate of drug-likeness (QED) is 0.596. The molecule has 0 fully saturated rings. The van der Waals surface area contributed by atoms with Gasteiger partial charge in [-0.3, -0.25) is 4.79 Å². The van der Waals surface area contributed by atoms with Crippen molar-refractivity contribution in [3.63, 3.8) is 0 Å². The number of nitrogens with zero attached hydrogens (tertiary/aromatic N) is 2. The molecule has 0 radical (unpaired) electrons. The number of nitrogens with one attached hydrogen (secondary N) is 1. The van der Waals surface area contributed by atoms with Gasteiger partial charge < -0.3 is 5.32 Å². The third-order valence-electron chi connectivity index (χ3n) is 3.58. The average molecular weight is 331 g/mol. The molecule has 2 aromatic heterocycles. The van der Waals surface area contributed by atoms with Gasteiger partial charge in [0.15, 0.2) is 0 Å². The maximum Gasteiger partial charge on any atom is 0.256 e. The maximum absolute atomic E-state index is 12.1. The van der Waals surface area contributed by atoms with Crippen LogP contribution in [0.3, 0.4) is 0 Å². The lowest BCUT2D eigenvalue weighted by Gasteiger charge is -2.04. The molecule has 4 nitrogen and oxygen atoms in total. The second-order valence-corrected chi connectivity index (χ2v) is 6.27. The zero-order valence-corrected chi connectivity index (χ0v) is 13.5. The maximum atomic E-state index is 12.1. The molecule has 0 spiro atoms. The molecule has 24 heavy (non-hydrogen) atoms. The van der Waals surface area contributed by atoms with Gasteiger partial charge >= 0.3 is 0 Å². The Hall–Kier alpha value is -3.05. The fourth-order valence-electron chi connectivity index (χ4n) is 2.37. The lowest BCUT2D eigenvalue weighted by molar-refractivity contribution is 0.102. The molecular formula is C19H13N3OS. The van der Waals surface area contributed by atoms with Crippen LogP contribution in [0.2, 0.25) is 0 Å². The fraction of sp³-hybridized carbons (Fsp3) is 0. The van der Waals surface area contributed by atoms with Crippen molar-refractivity contribution in [2.75, 3.05) is 5.32 Å². The Bertz CT molecular complexity index is 961. The Kier molecular flexibility index (Phi) is 3.76. The number of rotatable bonds is 3. The van der Waals surface area contributed by atoms with Crippen molar-refractivity contribution >= 4 is 33.3 Å². The number of carbonyl (C=O) groups excluding carboxylic acids is 1. The number of aromatic nitrogens is 2. The van der Waals surface area contributed by atoms with E-state index >= 15 is 0 Å². The van der Waals surface area contributed by atoms with E-state index in [4.69, 9.17) is 0 Å². The van der Waals surface area contributed by atoms with Gasteiger partial charge in [0, 0.05) is 17.3 Å². The number of para-hydroxylation sites is 1. The number of hydrogen-bond donors (Lipinski definition) is 1. The van der Waals surface area contributed by atoms with E-state index in [1.54, 1.807) is 35.7 Å². The van der Waals surface area contributed by atoms with Crippen molar-refractivity contribution in [2.24, 2.45) is 0 Å². The first-order valence-electron chi connectivity index (χ1n) is 7.48.